The zero-order chi connectivity index (χ0) is 13.4. The Kier molecular flexibility index (Phi) is 6.14. The first-order chi connectivity index (χ1) is 8.68. The van der Waals surface area contributed by atoms with Crippen LogP contribution < -0.4 is 0 Å². The first-order valence-electron chi connectivity index (χ1n) is 7.12. The van der Waals surface area contributed by atoms with E-state index in [1.54, 1.807) is 0 Å². The fourth-order valence-electron chi connectivity index (χ4n) is 2.43. The summed E-state index contributed by atoms with van der Waals surface area (Å²) in [6.45, 7) is 8.19. The summed E-state index contributed by atoms with van der Waals surface area (Å²) >= 11 is 0. The highest BCUT2D eigenvalue weighted by Gasteiger charge is 2.29. The van der Waals surface area contributed by atoms with E-state index in [1.807, 2.05) is 30.3 Å². The van der Waals surface area contributed by atoms with Gasteiger partial charge >= 0.3 is 0 Å². The fraction of sp³-hybridized carbons (Fsp3) is 0.529. The predicted octanol–water partition coefficient (Wildman–Crippen LogP) is 4.90. The number of hydrogen-bond donors (Lipinski definition) is 1. The maximum Gasteiger partial charge on any atom is 0.0902 e. The highest BCUT2D eigenvalue weighted by molar-refractivity contribution is 5.53. The van der Waals surface area contributed by atoms with Crippen molar-refractivity contribution in [2.75, 3.05) is 0 Å². The van der Waals surface area contributed by atoms with Crippen molar-refractivity contribution in [2.24, 2.45) is 0 Å². The molecule has 0 atom stereocenters. The van der Waals surface area contributed by atoms with Crippen LogP contribution in [-0.4, -0.2) is 5.11 Å². The van der Waals surface area contributed by atoms with Crippen molar-refractivity contribution in [2.45, 2.75) is 58.0 Å². The standard InChI is InChI=1S/C17H26O/c1-4-7-13-17(18,14-8-5-2)16-12-10-9-11-15(16)6-3/h6,9-12,18H,3-5,7-8,13-14H2,1-2H3. The zero-order valence-electron chi connectivity index (χ0n) is 11.8. The molecular formula is C17H26O. The van der Waals surface area contributed by atoms with Gasteiger partial charge in [-0.1, -0.05) is 76.5 Å². The van der Waals surface area contributed by atoms with E-state index in [-0.39, 0.29) is 0 Å². The van der Waals surface area contributed by atoms with Gasteiger partial charge in [-0.05, 0) is 24.0 Å². The molecule has 0 saturated carbocycles. The highest BCUT2D eigenvalue weighted by Crippen LogP contribution is 2.35. The summed E-state index contributed by atoms with van der Waals surface area (Å²) in [6, 6.07) is 8.08. The lowest BCUT2D eigenvalue weighted by atomic mass is 9.82. The van der Waals surface area contributed by atoms with Gasteiger partial charge in [0.15, 0.2) is 0 Å². The lowest BCUT2D eigenvalue weighted by Crippen LogP contribution is -2.26. The zero-order valence-corrected chi connectivity index (χ0v) is 11.8. The summed E-state index contributed by atoms with van der Waals surface area (Å²) in [4.78, 5) is 0. The molecule has 0 unspecified atom stereocenters. The smallest absolute Gasteiger partial charge is 0.0902 e. The molecule has 0 bridgehead atoms. The van der Waals surface area contributed by atoms with Crippen molar-refractivity contribution in [1.82, 2.24) is 0 Å². The van der Waals surface area contributed by atoms with Crippen molar-refractivity contribution >= 4 is 6.08 Å². The Hall–Kier alpha value is -1.08. The summed E-state index contributed by atoms with van der Waals surface area (Å²) in [5.41, 5.74) is 1.42. The molecule has 0 spiro atoms. The number of hydrogen-bond acceptors (Lipinski definition) is 1. The fourth-order valence-corrected chi connectivity index (χ4v) is 2.43. The van der Waals surface area contributed by atoms with Gasteiger partial charge in [0.25, 0.3) is 0 Å². The van der Waals surface area contributed by atoms with Gasteiger partial charge in [0.2, 0.25) is 0 Å². The maximum atomic E-state index is 11.0. The molecule has 0 saturated heterocycles. The molecule has 0 aliphatic carbocycles. The average Bonchev–Trinajstić information content (AvgIpc) is 2.43. The first-order valence-corrected chi connectivity index (χ1v) is 7.12. The van der Waals surface area contributed by atoms with Crippen LogP contribution in [-0.2, 0) is 5.60 Å². The topological polar surface area (TPSA) is 20.2 Å². The molecule has 100 valence electrons. The molecule has 0 heterocycles. The number of benzene rings is 1. The third-order valence-electron chi connectivity index (χ3n) is 3.57. The van der Waals surface area contributed by atoms with Crippen LogP contribution in [0.4, 0.5) is 0 Å². The summed E-state index contributed by atoms with van der Waals surface area (Å²) in [7, 11) is 0. The van der Waals surface area contributed by atoms with Crippen LogP contribution in [0.2, 0.25) is 0 Å². The van der Waals surface area contributed by atoms with Crippen molar-refractivity contribution < 1.29 is 5.11 Å². The van der Waals surface area contributed by atoms with Crippen LogP contribution in [0.15, 0.2) is 30.8 Å². The molecule has 1 nitrogen and oxygen atoms in total. The van der Waals surface area contributed by atoms with Crippen LogP contribution in [0.25, 0.3) is 6.08 Å². The van der Waals surface area contributed by atoms with E-state index in [0.717, 1.165) is 49.7 Å². The molecule has 0 fully saturated rings. The van der Waals surface area contributed by atoms with Crippen LogP contribution in [0, 0.1) is 0 Å². The molecule has 0 amide bonds. The lowest BCUT2D eigenvalue weighted by molar-refractivity contribution is 0.0140. The predicted molar refractivity (Wildman–Crippen MR) is 79.5 cm³/mol. The maximum absolute atomic E-state index is 11.0. The van der Waals surface area contributed by atoms with Gasteiger partial charge in [-0.2, -0.15) is 0 Å². The average molecular weight is 246 g/mol. The molecule has 1 N–H and O–H groups in total. The third-order valence-corrected chi connectivity index (χ3v) is 3.57. The first kappa shape index (κ1) is 15.0. The van der Waals surface area contributed by atoms with Crippen molar-refractivity contribution in [3.8, 4) is 0 Å². The third kappa shape index (κ3) is 3.71. The molecule has 1 aromatic rings. The van der Waals surface area contributed by atoms with Gasteiger partial charge in [-0.3, -0.25) is 0 Å². The van der Waals surface area contributed by atoms with Gasteiger partial charge in [-0.25, -0.2) is 0 Å². The molecule has 0 aliphatic rings. The highest BCUT2D eigenvalue weighted by atomic mass is 16.3. The Morgan fingerprint density at radius 1 is 1.11 bits per heavy atom. The van der Waals surface area contributed by atoms with E-state index in [2.05, 4.69) is 20.4 Å². The monoisotopic (exact) mass is 246 g/mol. The van der Waals surface area contributed by atoms with Gasteiger partial charge in [0.05, 0.1) is 5.60 Å². The van der Waals surface area contributed by atoms with E-state index >= 15 is 0 Å². The summed E-state index contributed by atoms with van der Waals surface area (Å²) < 4.78 is 0. The van der Waals surface area contributed by atoms with Crippen molar-refractivity contribution in [3.63, 3.8) is 0 Å². The van der Waals surface area contributed by atoms with Crippen LogP contribution in [0.1, 0.15) is 63.5 Å². The molecule has 1 aromatic carbocycles. The van der Waals surface area contributed by atoms with E-state index in [0.29, 0.717) is 0 Å². The van der Waals surface area contributed by atoms with Crippen molar-refractivity contribution in [1.29, 1.82) is 0 Å². The molecule has 18 heavy (non-hydrogen) atoms. The lowest BCUT2D eigenvalue weighted by Gasteiger charge is -2.30. The molecular weight excluding hydrogens is 220 g/mol. The van der Waals surface area contributed by atoms with Gasteiger partial charge in [0, 0.05) is 0 Å². The van der Waals surface area contributed by atoms with E-state index in [4.69, 9.17) is 0 Å². The normalized spacial score (nSPS) is 11.5. The summed E-state index contributed by atoms with van der Waals surface area (Å²) in [5.74, 6) is 0. The van der Waals surface area contributed by atoms with Crippen molar-refractivity contribution in [3.05, 3.63) is 42.0 Å². The SMILES string of the molecule is C=Cc1ccccc1C(O)(CCCC)CCCC. The Morgan fingerprint density at radius 2 is 1.67 bits per heavy atom. The number of unbranched alkanes of at least 4 members (excludes halogenated alkanes) is 2. The minimum Gasteiger partial charge on any atom is -0.385 e. The minimum absolute atomic E-state index is 0.684. The second-order valence-corrected chi connectivity index (χ2v) is 5.03. The van der Waals surface area contributed by atoms with Crippen LogP contribution in [0.5, 0.6) is 0 Å². The Bertz CT molecular complexity index is 360. The van der Waals surface area contributed by atoms with E-state index in [1.165, 1.54) is 0 Å². The number of aliphatic hydroxyl groups is 1. The number of rotatable bonds is 8. The molecule has 0 radical (unpaired) electrons. The van der Waals surface area contributed by atoms with Crippen LogP contribution in [0.3, 0.4) is 0 Å². The van der Waals surface area contributed by atoms with Gasteiger partial charge < -0.3 is 5.11 Å². The Balaban J connectivity index is 3.03. The van der Waals surface area contributed by atoms with Gasteiger partial charge in [-0.15, -0.1) is 0 Å². The largest absolute Gasteiger partial charge is 0.385 e. The molecule has 0 aliphatic heterocycles. The minimum atomic E-state index is -0.684. The summed E-state index contributed by atoms with van der Waals surface area (Å²) in [5, 5.41) is 11.0. The molecule has 1 rings (SSSR count). The van der Waals surface area contributed by atoms with E-state index < -0.39 is 5.60 Å². The van der Waals surface area contributed by atoms with Crippen LogP contribution >= 0.6 is 0 Å². The molecule has 1 heteroatoms. The second kappa shape index (κ2) is 7.38. The Morgan fingerprint density at radius 3 is 2.17 bits per heavy atom. The van der Waals surface area contributed by atoms with Gasteiger partial charge in [0.1, 0.15) is 0 Å². The summed E-state index contributed by atoms with van der Waals surface area (Å²) in [6.07, 6.45) is 7.88. The second-order valence-electron chi connectivity index (χ2n) is 5.03. The van der Waals surface area contributed by atoms with E-state index in [9.17, 15) is 5.11 Å². The Labute approximate surface area is 112 Å². The molecule has 0 aromatic heterocycles. The quantitative estimate of drug-likeness (QED) is 0.692.